The van der Waals surface area contributed by atoms with Crippen molar-refractivity contribution in [1.29, 1.82) is 0 Å². The van der Waals surface area contributed by atoms with E-state index in [1.54, 1.807) is 56.9 Å². The minimum atomic E-state index is -1.22. The maximum Gasteiger partial charge on any atom is 0.410 e. The summed E-state index contributed by atoms with van der Waals surface area (Å²) in [6, 6.07) is 8.36. The Morgan fingerprint density at radius 1 is 1.05 bits per heavy atom. The molecule has 1 aliphatic rings. The number of benzene rings is 2. The predicted molar refractivity (Wildman–Crippen MR) is 145 cm³/mol. The van der Waals surface area contributed by atoms with Crippen LogP contribution in [0.3, 0.4) is 0 Å². The minimum absolute atomic E-state index is 0.182. The number of carbonyl (C=O) groups is 3. The predicted octanol–water partition coefficient (Wildman–Crippen LogP) is 5.42. The van der Waals surface area contributed by atoms with E-state index in [-0.39, 0.29) is 17.4 Å². The lowest BCUT2D eigenvalue weighted by Crippen LogP contribution is -2.50. The van der Waals surface area contributed by atoms with Crippen molar-refractivity contribution in [3.63, 3.8) is 0 Å². The van der Waals surface area contributed by atoms with Crippen LogP contribution < -0.4 is 10.2 Å². The first-order valence-corrected chi connectivity index (χ1v) is 12.9. The zero-order valence-corrected chi connectivity index (χ0v) is 23.2. The third kappa shape index (κ3) is 6.25. The molecule has 9 nitrogen and oxygen atoms in total. The molecule has 1 unspecified atom stereocenters. The number of piperazine rings is 1. The van der Waals surface area contributed by atoms with Crippen LogP contribution in [0.25, 0.3) is 0 Å². The summed E-state index contributed by atoms with van der Waals surface area (Å²) in [5.74, 6) is -3.26. The number of anilines is 2. The Kier molecular flexibility index (Phi) is 8.15. The highest BCUT2D eigenvalue weighted by molar-refractivity contribution is 6.30. The van der Waals surface area contributed by atoms with Crippen molar-refractivity contribution in [2.75, 3.05) is 36.4 Å². The molecule has 2 amide bonds. The van der Waals surface area contributed by atoms with E-state index in [0.717, 1.165) is 12.1 Å². The van der Waals surface area contributed by atoms with Crippen molar-refractivity contribution >= 4 is 41.6 Å². The second kappa shape index (κ2) is 11.2. The van der Waals surface area contributed by atoms with Gasteiger partial charge in [0.2, 0.25) is 0 Å². The molecule has 2 aromatic carbocycles. The van der Waals surface area contributed by atoms with Crippen molar-refractivity contribution < 1.29 is 32.3 Å². The molecule has 0 bridgehead atoms. The molecule has 1 N–H and O–H groups in total. The van der Waals surface area contributed by atoms with Crippen LogP contribution >= 0.6 is 11.6 Å². The third-order valence-electron chi connectivity index (χ3n) is 6.49. The quantitative estimate of drug-likeness (QED) is 0.392. The number of halogens is 3. The van der Waals surface area contributed by atoms with Crippen molar-refractivity contribution in [3.8, 4) is 0 Å². The highest BCUT2D eigenvalue weighted by atomic mass is 35.5. The van der Waals surface area contributed by atoms with Gasteiger partial charge in [-0.05, 0) is 57.5 Å². The second-order valence-corrected chi connectivity index (χ2v) is 11.0. The highest BCUT2D eigenvalue weighted by Crippen LogP contribution is 2.31. The standard InChI is InChI=1S/C28H29ClF2N4O5/c1-27(2,3)40-26(38)35-11-9-34(10-12-35)19-13-20(30)23(21(31)14-19)24(37)33-25-32-22(15-39-25)28(4,16-36)17-5-7-18(29)8-6-17/h5-8,13-16H,9-12H2,1-4H3,(H,32,33,37). The number of aldehydes is 1. The minimum Gasteiger partial charge on any atom is -0.444 e. The molecule has 1 fully saturated rings. The molecule has 12 heteroatoms. The number of rotatable bonds is 6. The van der Waals surface area contributed by atoms with Crippen molar-refractivity contribution in [2.24, 2.45) is 0 Å². The van der Waals surface area contributed by atoms with Gasteiger partial charge in [-0.2, -0.15) is 4.98 Å². The smallest absolute Gasteiger partial charge is 0.410 e. The van der Waals surface area contributed by atoms with Gasteiger partial charge in [-0.1, -0.05) is 23.7 Å². The largest absolute Gasteiger partial charge is 0.444 e. The topological polar surface area (TPSA) is 105 Å². The highest BCUT2D eigenvalue weighted by Gasteiger charge is 2.33. The van der Waals surface area contributed by atoms with Crippen LogP contribution in [0.4, 0.5) is 25.3 Å². The van der Waals surface area contributed by atoms with E-state index >= 15 is 0 Å². The number of nitrogens with one attached hydrogen (secondary N) is 1. The monoisotopic (exact) mass is 574 g/mol. The fourth-order valence-electron chi connectivity index (χ4n) is 4.23. The number of oxazole rings is 1. The lowest BCUT2D eigenvalue weighted by molar-refractivity contribution is -0.111. The Morgan fingerprint density at radius 3 is 2.20 bits per heavy atom. The van der Waals surface area contributed by atoms with Gasteiger partial charge in [-0.15, -0.1) is 0 Å². The third-order valence-corrected chi connectivity index (χ3v) is 6.74. The van der Waals surface area contributed by atoms with Gasteiger partial charge in [-0.3, -0.25) is 10.1 Å². The normalized spacial score (nSPS) is 15.4. The fraction of sp³-hybridized carbons (Fsp3) is 0.357. The van der Waals surface area contributed by atoms with Crippen LogP contribution in [0.15, 0.2) is 47.1 Å². The van der Waals surface area contributed by atoms with Crippen molar-refractivity contribution in [3.05, 3.63) is 76.1 Å². The van der Waals surface area contributed by atoms with E-state index in [1.807, 2.05) is 0 Å². The molecule has 2 heterocycles. The summed E-state index contributed by atoms with van der Waals surface area (Å²) in [6.07, 6.45) is 1.41. The van der Waals surface area contributed by atoms with Crippen LogP contribution in [0.1, 0.15) is 49.3 Å². The summed E-state index contributed by atoms with van der Waals surface area (Å²) in [5, 5.41) is 2.74. The molecule has 1 atom stereocenters. The maximum atomic E-state index is 15.0. The molecule has 4 rings (SSSR count). The summed E-state index contributed by atoms with van der Waals surface area (Å²) in [4.78, 5) is 44.4. The Hall–Kier alpha value is -3.99. The van der Waals surface area contributed by atoms with Crippen LogP contribution in [0, 0.1) is 11.6 Å². The number of amides is 2. The maximum absolute atomic E-state index is 15.0. The lowest BCUT2D eigenvalue weighted by atomic mass is 9.81. The van der Waals surface area contributed by atoms with Crippen LogP contribution in [0.2, 0.25) is 5.02 Å². The molecular weight excluding hydrogens is 546 g/mol. The molecule has 0 aliphatic carbocycles. The number of hydrogen-bond acceptors (Lipinski definition) is 7. The van der Waals surface area contributed by atoms with E-state index in [9.17, 15) is 23.2 Å². The van der Waals surface area contributed by atoms with Gasteiger partial charge < -0.3 is 23.7 Å². The Balaban J connectivity index is 1.45. The first-order valence-electron chi connectivity index (χ1n) is 12.5. The Labute approximate surface area is 235 Å². The molecule has 1 saturated heterocycles. The molecule has 1 aromatic heterocycles. The van der Waals surface area contributed by atoms with Crippen LogP contribution in [-0.4, -0.2) is 60.0 Å². The summed E-state index contributed by atoms with van der Waals surface area (Å²) in [7, 11) is 0. The Morgan fingerprint density at radius 2 is 1.65 bits per heavy atom. The first kappa shape index (κ1) is 29.0. The van der Waals surface area contributed by atoms with Crippen LogP contribution in [0.5, 0.6) is 0 Å². The molecule has 1 aliphatic heterocycles. The Bertz CT molecular complexity index is 1390. The van der Waals surface area contributed by atoms with Gasteiger partial charge in [-0.25, -0.2) is 13.6 Å². The van der Waals surface area contributed by atoms with E-state index in [2.05, 4.69) is 10.3 Å². The van der Waals surface area contributed by atoms with E-state index in [1.165, 1.54) is 11.2 Å². The molecule has 40 heavy (non-hydrogen) atoms. The van der Waals surface area contributed by atoms with Crippen molar-refractivity contribution in [2.45, 2.75) is 38.7 Å². The average molecular weight is 575 g/mol. The van der Waals surface area contributed by atoms with Gasteiger partial charge in [0, 0.05) is 36.9 Å². The molecular formula is C28H29ClF2N4O5. The number of hydrogen-bond donors (Lipinski definition) is 1. The van der Waals surface area contributed by atoms with Gasteiger partial charge in [0.1, 0.15) is 35.3 Å². The lowest BCUT2D eigenvalue weighted by Gasteiger charge is -2.36. The number of nitrogens with zero attached hydrogens (tertiary/aromatic N) is 3. The zero-order valence-electron chi connectivity index (χ0n) is 22.5. The SMILES string of the molecule is CC(C)(C)OC(=O)N1CCN(c2cc(F)c(C(=O)Nc3nc(C(C)(C=O)c4ccc(Cl)cc4)co3)c(F)c2)CC1. The van der Waals surface area contributed by atoms with E-state index in [0.29, 0.717) is 43.1 Å². The fourth-order valence-corrected chi connectivity index (χ4v) is 4.36. The van der Waals surface area contributed by atoms with Gasteiger partial charge >= 0.3 is 12.1 Å². The number of carbonyl (C=O) groups excluding carboxylic acids is 3. The first-order chi connectivity index (χ1) is 18.8. The summed E-state index contributed by atoms with van der Waals surface area (Å²) in [6.45, 7) is 8.19. The second-order valence-electron chi connectivity index (χ2n) is 10.6. The molecule has 0 saturated carbocycles. The van der Waals surface area contributed by atoms with E-state index in [4.69, 9.17) is 20.8 Å². The summed E-state index contributed by atoms with van der Waals surface area (Å²) < 4.78 is 40.6. The summed E-state index contributed by atoms with van der Waals surface area (Å²) in [5.41, 5.74) is -1.66. The van der Waals surface area contributed by atoms with Crippen LogP contribution in [-0.2, 0) is 14.9 Å². The van der Waals surface area contributed by atoms with Gasteiger partial charge in [0.05, 0.1) is 11.1 Å². The number of aromatic nitrogens is 1. The molecule has 3 aromatic rings. The number of ether oxygens (including phenoxy) is 1. The summed E-state index contributed by atoms with van der Waals surface area (Å²) >= 11 is 5.93. The van der Waals surface area contributed by atoms with Crippen molar-refractivity contribution in [1.82, 2.24) is 9.88 Å². The van der Waals surface area contributed by atoms with Gasteiger partial charge in [0.15, 0.2) is 0 Å². The van der Waals surface area contributed by atoms with E-state index < -0.39 is 40.2 Å². The molecule has 0 spiro atoms. The zero-order chi connectivity index (χ0) is 29.2. The van der Waals surface area contributed by atoms with Gasteiger partial charge in [0.25, 0.3) is 5.91 Å². The average Bonchev–Trinajstić information content (AvgIpc) is 3.36. The molecule has 0 radical (unpaired) electrons. The molecule has 212 valence electrons.